The van der Waals surface area contributed by atoms with Crippen LogP contribution in [0.2, 0.25) is 5.02 Å². The summed E-state index contributed by atoms with van der Waals surface area (Å²) in [6, 6.07) is 3.74. The molecule has 0 radical (unpaired) electrons. The molecule has 0 saturated carbocycles. The molecule has 0 aliphatic heterocycles. The van der Waals surface area contributed by atoms with Gasteiger partial charge in [0.15, 0.2) is 0 Å². The number of thioether (sulfide) groups is 1. The monoisotopic (exact) mass is 300 g/mol. The lowest BCUT2D eigenvalue weighted by atomic mass is 10.3. The maximum absolute atomic E-state index is 12.5. The predicted molar refractivity (Wildman–Crippen MR) is 66.2 cm³/mol. The van der Waals surface area contributed by atoms with Gasteiger partial charge in [0.1, 0.15) is 0 Å². The van der Waals surface area contributed by atoms with Crippen molar-refractivity contribution >= 4 is 46.7 Å². The number of benzene rings is 1. The van der Waals surface area contributed by atoms with Gasteiger partial charge in [-0.15, -0.1) is 0 Å². The lowest BCUT2D eigenvalue weighted by molar-refractivity contribution is 0.203. The molecular weight excluding hydrogens is 293 g/mol. The largest absolute Gasteiger partial charge is 0.375 e. The molecule has 94 valence electrons. The van der Waals surface area contributed by atoms with E-state index in [1.807, 2.05) is 0 Å². The predicted octanol–water partition coefficient (Wildman–Crippen LogP) is 3.97. The number of amides is 2. The van der Waals surface area contributed by atoms with Gasteiger partial charge < -0.3 is 10.6 Å². The number of anilines is 1. The van der Waals surface area contributed by atoms with Gasteiger partial charge in [-0.2, -0.15) is 8.78 Å². The zero-order valence-corrected chi connectivity index (χ0v) is 10.9. The van der Waals surface area contributed by atoms with Crippen LogP contribution >= 0.6 is 35.0 Å². The number of rotatable bonds is 3. The van der Waals surface area contributed by atoms with E-state index in [-0.39, 0.29) is 21.7 Å². The number of nitrogens with one attached hydrogen (secondary N) is 2. The molecule has 0 aliphatic carbocycles. The van der Waals surface area contributed by atoms with Crippen LogP contribution in [-0.2, 0) is 0 Å². The minimum absolute atomic E-state index is 0.0872. The Labute approximate surface area is 111 Å². The number of hydrogen-bond acceptors (Lipinski definition) is 2. The lowest BCUT2D eigenvalue weighted by Gasteiger charge is -2.10. The van der Waals surface area contributed by atoms with Crippen molar-refractivity contribution in [1.29, 1.82) is 0 Å². The topological polar surface area (TPSA) is 41.1 Å². The molecule has 1 rings (SSSR count). The number of carbonyl (C=O) groups excluding carboxylic acids is 1. The summed E-state index contributed by atoms with van der Waals surface area (Å²) in [5.41, 5.74) is 0.400. The summed E-state index contributed by atoms with van der Waals surface area (Å²) in [6.45, 7) is 0. The second kappa shape index (κ2) is 5.75. The highest BCUT2D eigenvalue weighted by molar-refractivity contribution is 8.01. The third-order valence-corrected chi connectivity index (χ3v) is 3.11. The minimum Gasteiger partial charge on any atom is -0.341 e. The number of urea groups is 1. The van der Waals surface area contributed by atoms with E-state index in [1.54, 1.807) is 0 Å². The highest BCUT2D eigenvalue weighted by Crippen LogP contribution is 2.42. The third-order valence-electron chi connectivity index (χ3n) is 1.64. The quantitative estimate of drug-likeness (QED) is 0.655. The molecule has 0 unspecified atom stereocenters. The van der Waals surface area contributed by atoms with E-state index < -0.39 is 10.7 Å². The number of hydrogen-bond donors (Lipinski definition) is 2. The zero-order valence-electron chi connectivity index (χ0n) is 8.56. The highest BCUT2D eigenvalue weighted by Gasteiger charge is 2.27. The highest BCUT2D eigenvalue weighted by atomic mass is 35.5. The van der Waals surface area contributed by atoms with Crippen LogP contribution in [0, 0.1) is 0 Å². The molecule has 0 fully saturated rings. The van der Waals surface area contributed by atoms with Crippen LogP contribution < -0.4 is 10.6 Å². The molecule has 0 atom stereocenters. The smallest absolute Gasteiger partial charge is 0.341 e. The van der Waals surface area contributed by atoms with Crippen LogP contribution in [0.15, 0.2) is 23.1 Å². The number of alkyl halides is 3. The summed E-state index contributed by atoms with van der Waals surface area (Å²) in [7, 11) is 1.45. The van der Waals surface area contributed by atoms with Crippen molar-refractivity contribution in [2.45, 2.75) is 9.61 Å². The second-order valence-corrected chi connectivity index (χ2v) is 5.16. The van der Waals surface area contributed by atoms with Crippen LogP contribution in [-0.4, -0.2) is 17.8 Å². The van der Waals surface area contributed by atoms with Crippen LogP contribution in [0.4, 0.5) is 19.3 Å². The van der Waals surface area contributed by atoms with E-state index in [1.165, 1.54) is 25.2 Å². The molecule has 0 bridgehead atoms. The summed E-state index contributed by atoms with van der Waals surface area (Å²) in [5.74, 6) is 0. The molecule has 0 spiro atoms. The second-order valence-electron chi connectivity index (χ2n) is 2.90. The molecule has 1 aromatic rings. The van der Waals surface area contributed by atoms with Gasteiger partial charge >= 0.3 is 10.7 Å². The normalized spacial score (nSPS) is 11.1. The molecule has 0 heterocycles. The average Bonchev–Trinajstić information content (AvgIpc) is 2.20. The summed E-state index contributed by atoms with van der Waals surface area (Å²) >= 11 is 10.7. The molecule has 0 saturated heterocycles. The lowest BCUT2D eigenvalue weighted by Crippen LogP contribution is -2.24. The first-order valence-corrected chi connectivity index (χ1v) is 5.93. The van der Waals surface area contributed by atoms with Gasteiger partial charge in [0.05, 0.1) is 5.02 Å². The molecule has 3 nitrogen and oxygen atoms in total. The Bertz CT molecular complexity index is 426. The van der Waals surface area contributed by atoms with Crippen LogP contribution in [0.25, 0.3) is 0 Å². The van der Waals surface area contributed by atoms with Crippen LogP contribution in [0.5, 0.6) is 0 Å². The van der Waals surface area contributed by atoms with Gasteiger partial charge in [0.25, 0.3) is 0 Å². The first-order valence-electron chi connectivity index (χ1n) is 4.36. The maximum atomic E-state index is 12.5. The fourth-order valence-corrected chi connectivity index (χ4v) is 2.07. The van der Waals surface area contributed by atoms with E-state index in [0.29, 0.717) is 5.69 Å². The van der Waals surface area contributed by atoms with Gasteiger partial charge in [-0.1, -0.05) is 11.6 Å². The molecule has 8 heteroatoms. The van der Waals surface area contributed by atoms with E-state index in [2.05, 4.69) is 10.6 Å². The van der Waals surface area contributed by atoms with Gasteiger partial charge in [-0.3, -0.25) is 0 Å². The summed E-state index contributed by atoms with van der Waals surface area (Å²) in [5, 5.41) is 4.89. The Hall–Kier alpha value is -0.720. The molecule has 1 aromatic carbocycles. The Morgan fingerprint density at radius 1 is 1.47 bits per heavy atom. The number of halogens is 4. The Morgan fingerprint density at radius 2 is 2.12 bits per heavy atom. The fourth-order valence-electron chi connectivity index (χ4n) is 0.980. The third kappa shape index (κ3) is 4.97. The zero-order chi connectivity index (χ0) is 13.1. The van der Waals surface area contributed by atoms with Crippen molar-refractivity contribution in [2.75, 3.05) is 12.4 Å². The first kappa shape index (κ1) is 14.3. The van der Waals surface area contributed by atoms with Crippen molar-refractivity contribution in [1.82, 2.24) is 5.32 Å². The standard InChI is InChI=1S/C9H8Cl2F2N2OS/c1-14-8(16)15-5-2-3-7(6(10)4-5)17-9(11,12)13/h2-4H,1H3,(H2,14,15,16). The van der Waals surface area contributed by atoms with Crippen LogP contribution in [0.3, 0.4) is 0 Å². The molecule has 2 amide bonds. The van der Waals surface area contributed by atoms with Crippen molar-refractivity contribution in [3.05, 3.63) is 23.2 Å². The van der Waals surface area contributed by atoms with Gasteiger partial charge in [-0.05, 0) is 41.6 Å². The molecular formula is C9H8Cl2F2N2OS. The van der Waals surface area contributed by atoms with Crippen LogP contribution in [0.1, 0.15) is 0 Å². The Kier molecular flexibility index (Phi) is 4.85. The summed E-state index contributed by atoms with van der Waals surface area (Å²) in [6.07, 6.45) is 0. The number of carbonyl (C=O) groups is 1. The minimum atomic E-state index is -3.42. The Balaban J connectivity index is 2.83. The molecule has 17 heavy (non-hydrogen) atoms. The Morgan fingerprint density at radius 3 is 2.59 bits per heavy atom. The fraction of sp³-hybridized carbons (Fsp3) is 0.222. The van der Waals surface area contributed by atoms with Crippen molar-refractivity contribution < 1.29 is 13.6 Å². The van der Waals surface area contributed by atoms with E-state index in [4.69, 9.17) is 23.2 Å². The van der Waals surface area contributed by atoms with E-state index >= 15 is 0 Å². The van der Waals surface area contributed by atoms with E-state index in [0.717, 1.165) is 0 Å². The SMILES string of the molecule is CNC(=O)Nc1ccc(SC(F)(F)Cl)c(Cl)c1. The van der Waals surface area contributed by atoms with Gasteiger partial charge in [0.2, 0.25) is 0 Å². The molecule has 0 aromatic heterocycles. The van der Waals surface area contributed by atoms with Crippen molar-refractivity contribution in [2.24, 2.45) is 0 Å². The van der Waals surface area contributed by atoms with Gasteiger partial charge in [0, 0.05) is 17.6 Å². The first-order chi connectivity index (χ1) is 7.81. The summed E-state index contributed by atoms with van der Waals surface area (Å²) < 4.78 is 21.7. The average molecular weight is 301 g/mol. The van der Waals surface area contributed by atoms with Crippen molar-refractivity contribution in [3.8, 4) is 0 Å². The maximum Gasteiger partial charge on any atom is 0.375 e. The molecule has 0 aliphatic rings. The summed E-state index contributed by atoms with van der Waals surface area (Å²) in [4.78, 5) is 11.1. The van der Waals surface area contributed by atoms with E-state index in [9.17, 15) is 13.6 Å². The molecule has 2 N–H and O–H groups in total. The van der Waals surface area contributed by atoms with Crippen molar-refractivity contribution in [3.63, 3.8) is 0 Å². The van der Waals surface area contributed by atoms with Gasteiger partial charge in [-0.25, -0.2) is 4.79 Å².